The summed E-state index contributed by atoms with van der Waals surface area (Å²) in [4.78, 5) is 23.1. The van der Waals surface area contributed by atoms with E-state index in [1.165, 1.54) is 0 Å². The maximum atomic E-state index is 11.6. The van der Waals surface area contributed by atoms with Crippen molar-refractivity contribution in [1.82, 2.24) is 9.69 Å². The summed E-state index contributed by atoms with van der Waals surface area (Å²) < 4.78 is 14.1. The van der Waals surface area contributed by atoms with Gasteiger partial charge in [0.15, 0.2) is 12.3 Å². The van der Waals surface area contributed by atoms with Gasteiger partial charge in [-0.25, -0.2) is 4.79 Å². The number of nitrogens with one attached hydrogen (secondary N) is 1. The lowest BCUT2D eigenvalue weighted by atomic mass is 10.2. The molecule has 110 valence electrons. The molecule has 1 aliphatic rings. The molecule has 1 amide bonds. The first-order chi connectivity index (χ1) is 9.58. The lowest BCUT2D eigenvalue weighted by Crippen LogP contribution is -2.34. The summed E-state index contributed by atoms with van der Waals surface area (Å²) in [6.45, 7) is 0.745. The van der Waals surface area contributed by atoms with Gasteiger partial charge in [0.1, 0.15) is 9.36 Å². The third kappa shape index (κ3) is 4.05. The third-order valence-electron chi connectivity index (χ3n) is 2.68. The van der Waals surface area contributed by atoms with E-state index in [1.807, 2.05) is 0 Å². The van der Waals surface area contributed by atoms with E-state index in [9.17, 15) is 9.59 Å². The number of hydrogen-bond acceptors (Lipinski definition) is 6. The van der Waals surface area contributed by atoms with E-state index in [0.29, 0.717) is 6.54 Å². The van der Waals surface area contributed by atoms with Crippen LogP contribution in [0.3, 0.4) is 0 Å². The van der Waals surface area contributed by atoms with Gasteiger partial charge in [-0.05, 0) is 24.4 Å². The van der Waals surface area contributed by atoms with Crippen LogP contribution in [0.25, 0.3) is 0 Å². The minimum Gasteiger partial charge on any atom is -0.451 e. The second kappa shape index (κ2) is 7.21. The van der Waals surface area contributed by atoms with Crippen LogP contribution in [-0.4, -0.2) is 42.1 Å². The van der Waals surface area contributed by atoms with Gasteiger partial charge in [0.05, 0.1) is 6.10 Å². The van der Waals surface area contributed by atoms with Gasteiger partial charge in [-0.15, -0.1) is 0 Å². The molecule has 1 atom stereocenters. The topological polar surface area (TPSA) is 77.5 Å². The monoisotopic (exact) mass is 338 g/mol. The highest BCUT2D eigenvalue weighted by Gasteiger charge is 2.20. The van der Waals surface area contributed by atoms with Crippen molar-refractivity contribution in [2.24, 2.45) is 0 Å². The molecule has 0 spiro atoms. The van der Waals surface area contributed by atoms with E-state index in [2.05, 4.69) is 9.69 Å². The van der Waals surface area contributed by atoms with Crippen molar-refractivity contribution in [3.63, 3.8) is 0 Å². The molecule has 0 bridgehead atoms. The van der Waals surface area contributed by atoms with Crippen molar-refractivity contribution in [1.29, 1.82) is 0 Å². The number of nitrogens with zero attached hydrogens (tertiary/aromatic N) is 1. The molecule has 0 saturated carbocycles. The Morgan fingerprint density at radius 1 is 1.50 bits per heavy atom. The summed E-state index contributed by atoms with van der Waals surface area (Å²) in [5.41, 5.74) is -0.0754. The SMILES string of the molecule is O=C(COC(=O)c1nsc(Cl)c1Cl)NCC1CCCO1. The summed E-state index contributed by atoms with van der Waals surface area (Å²) in [5, 5.41) is 2.68. The standard InChI is InChI=1S/C11H12Cl2N2O4S/c12-8-9(15-20-10(8)13)11(17)19-5-7(16)14-4-6-2-1-3-18-6/h6H,1-5H2,(H,14,16). The van der Waals surface area contributed by atoms with Gasteiger partial charge in [-0.3, -0.25) is 4.79 Å². The fourth-order valence-corrected chi connectivity index (χ4v) is 2.65. The number of rotatable bonds is 5. The summed E-state index contributed by atoms with van der Waals surface area (Å²) in [6, 6.07) is 0. The Labute approximate surface area is 129 Å². The van der Waals surface area contributed by atoms with Gasteiger partial charge in [0.25, 0.3) is 5.91 Å². The Bertz CT molecular complexity index is 503. The molecule has 1 unspecified atom stereocenters. The summed E-state index contributed by atoms with van der Waals surface area (Å²) in [6.07, 6.45) is 1.97. The molecule has 1 saturated heterocycles. The highest BCUT2D eigenvalue weighted by Crippen LogP contribution is 2.29. The molecule has 0 radical (unpaired) electrons. The second-order valence-electron chi connectivity index (χ2n) is 4.13. The normalized spacial score (nSPS) is 18.0. The van der Waals surface area contributed by atoms with Crippen LogP contribution < -0.4 is 5.32 Å². The van der Waals surface area contributed by atoms with Crippen LogP contribution in [0.1, 0.15) is 23.3 Å². The van der Waals surface area contributed by atoms with E-state index < -0.39 is 18.5 Å². The minimum atomic E-state index is -0.773. The second-order valence-corrected chi connectivity index (χ2v) is 5.89. The van der Waals surface area contributed by atoms with Gasteiger partial charge in [-0.2, -0.15) is 4.37 Å². The summed E-state index contributed by atoms with van der Waals surface area (Å²) in [7, 11) is 0. The molecule has 2 heterocycles. The molecular weight excluding hydrogens is 327 g/mol. The zero-order valence-corrected chi connectivity index (χ0v) is 12.7. The molecule has 0 aromatic carbocycles. The van der Waals surface area contributed by atoms with E-state index in [-0.39, 0.29) is 21.2 Å². The van der Waals surface area contributed by atoms with Crippen LogP contribution in [0.2, 0.25) is 9.36 Å². The van der Waals surface area contributed by atoms with E-state index >= 15 is 0 Å². The van der Waals surface area contributed by atoms with Crippen molar-refractivity contribution in [2.45, 2.75) is 18.9 Å². The van der Waals surface area contributed by atoms with Gasteiger partial charge >= 0.3 is 5.97 Å². The molecular formula is C11H12Cl2N2O4S. The average molecular weight is 339 g/mol. The molecule has 1 fully saturated rings. The van der Waals surface area contributed by atoms with Crippen LogP contribution in [0.15, 0.2) is 0 Å². The number of ether oxygens (including phenoxy) is 2. The smallest absolute Gasteiger partial charge is 0.360 e. The zero-order valence-electron chi connectivity index (χ0n) is 10.4. The van der Waals surface area contributed by atoms with Gasteiger partial charge in [0, 0.05) is 13.2 Å². The Morgan fingerprint density at radius 2 is 2.30 bits per heavy atom. The van der Waals surface area contributed by atoms with Crippen LogP contribution in [0.5, 0.6) is 0 Å². The minimum absolute atomic E-state index is 0.0430. The number of hydrogen-bond donors (Lipinski definition) is 1. The Hall–Kier alpha value is -0.890. The van der Waals surface area contributed by atoms with Crippen LogP contribution >= 0.6 is 34.7 Å². The van der Waals surface area contributed by atoms with Crippen LogP contribution in [0, 0.1) is 0 Å². The highest BCUT2D eigenvalue weighted by molar-refractivity contribution is 7.11. The number of carbonyl (C=O) groups excluding carboxylic acids is 2. The Morgan fingerprint density at radius 3 is 2.90 bits per heavy atom. The van der Waals surface area contributed by atoms with E-state index in [1.54, 1.807) is 0 Å². The van der Waals surface area contributed by atoms with E-state index in [4.69, 9.17) is 32.7 Å². The fraction of sp³-hybridized carbons (Fsp3) is 0.545. The van der Waals surface area contributed by atoms with Crippen molar-refractivity contribution in [3.8, 4) is 0 Å². The first-order valence-electron chi connectivity index (χ1n) is 5.94. The predicted molar refractivity (Wildman–Crippen MR) is 74.4 cm³/mol. The number of aromatic nitrogens is 1. The maximum absolute atomic E-state index is 11.6. The number of halogens is 2. The molecule has 6 nitrogen and oxygen atoms in total. The molecule has 1 aromatic heterocycles. The number of esters is 1. The number of amides is 1. The average Bonchev–Trinajstić information content (AvgIpc) is 3.05. The highest BCUT2D eigenvalue weighted by atomic mass is 35.5. The van der Waals surface area contributed by atoms with Gasteiger partial charge < -0.3 is 14.8 Å². The zero-order chi connectivity index (χ0) is 14.5. The summed E-state index contributed by atoms with van der Waals surface area (Å²) >= 11 is 12.3. The number of carbonyl (C=O) groups is 2. The molecule has 9 heteroatoms. The van der Waals surface area contributed by atoms with Crippen molar-refractivity contribution in [3.05, 3.63) is 15.1 Å². The van der Waals surface area contributed by atoms with Crippen molar-refractivity contribution in [2.75, 3.05) is 19.8 Å². The van der Waals surface area contributed by atoms with E-state index in [0.717, 1.165) is 31.0 Å². The van der Waals surface area contributed by atoms with Crippen molar-refractivity contribution >= 4 is 46.6 Å². The van der Waals surface area contributed by atoms with Gasteiger partial charge in [0.2, 0.25) is 0 Å². The predicted octanol–water partition coefficient (Wildman–Crippen LogP) is 1.90. The molecule has 1 aromatic rings. The lowest BCUT2D eigenvalue weighted by Gasteiger charge is -2.10. The molecule has 1 aliphatic heterocycles. The Kier molecular flexibility index (Phi) is 5.59. The maximum Gasteiger partial charge on any atom is 0.360 e. The first kappa shape index (κ1) is 15.5. The fourth-order valence-electron chi connectivity index (χ4n) is 1.67. The molecule has 2 rings (SSSR count). The molecule has 0 aliphatic carbocycles. The molecule has 1 N–H and O–H groups in total. The first-order valence-corrected chi connectivity index (χ1v) is 7.47. The quantitative estimate of drug-likeness (QED) is 0.829. The third-order valence-corrected chi connectivity index (χ3v) is 4.29. The largest absolute Gasteiger partial charge is 0.451 e. The molecule has 20 heavy (non-hydrogen) atoms. The summed E-state index contributed by atoms with van der Waals surface area (Å²) in [5.74, 6) is -1.17. The van der Waals surface area contributed by atoms with Gasteiger partial charge in [-0.1, -0.05) is 23.2 Å². The van der Waals surface area contributed by atoms with Crippen molar-refractivity contribution < 1.29 is 19.1 Å². The lowest BCUT2D eigenvalue weighted by molar-refractivity contribution is -0.124. The Balaban J connectivity index is 1.72. The van der Waals surface area contributed by atoms with Crippen LogP contribution in [0.4, 0.5) is 0 Å². The van der Waals surface area contributed by atoms with Crippen LogP contribution in [-0.2, 0) is 14.3 Å².